The van der Waals surface area contributed by atoms with Crippen molar-refractivity contribution in [3.05, 3.63) is 15.3 Å². The van der Waals surface area contributed by atoms with Gasteiger partial charge in [0.05, 0.1) is 10.2 Å². The second kappa shape index (κ2) is 4.30. The minimum absolute atomic E-state index is 0. The van der Waals surface area contributed by atoms with E-state index in [4.69, 9.17) is 17.3 Å². The number of aromatic nitrogens is 2. The molecule has 3 nitrogen and oxygen atoms in total. The minimum atomic E-state index is 0. The fraction of sp³-hybridized carbons (Fsp3) is 0.400. The lowest BCUT2D eigenvalue weighted by Gasteiger charge is -1.95. The predicted molar refractivity (Wildman–Crippen MR) is 51.1 cm³/mol. The van der Waals surface area contributed by atoms with Crippen LogP contribution in [0.4, 0.5) is 0 Å². The smallest absolute Gasteiger partial charge is 0.165 e. The zero-order valence-electron chi connectivity index (χ0n) is 5.84. The van der Waals surface area contributed by atoms with Gasteiger partial charge in [-0.3, -0.25) is 4.68 Å². The highest BCUT2D eigenvalue weighted by atomic mass is 79.9. The highest BCUT2D eigenvalue weighted by Gasteiger charge is 2.08. The van der Waals surface area contributed by atoms with E-state index in [2.05, 4.69) is 21.0 Å². The van der Waals surface area contributed by atoms with Crippen molar-refractivity contribution >= 4 is 39.9 Å². The van der Waals surface area contributed by atoms with E-state index >= 15 is 0 Å². The van der Waals surface area contributed by atoms with Crippen LogP contribution in [-0.2, 0) is 13.6 Å². The van der Waals surface area contributed by atoms with Gasteiger partial charge in [-0.15, -0.1) is 12.4 Å². The molecule has 0 unspecified atom stereocenters. The Labute approximate surface area is 84.4 Å². The molecule has 64 valence electrons. The highest BCUT2D eigenvalue weighted by Crippen LogP contribution is 2.24. The summed E-state index contributed by atoms with van der Waals surface area (Å²) in [4.78, 5) is 0. The second-order valence-electron chi connectivity index (χ2n) is 1.88. The van der Waals surface area contributed by atoms with Gasteiger partial charge in [-0.25, -0.2) is 0 Å². The zero-order chi connectivity index (χ0) is 7.72. The van der Waals surface area contributed by atoms with E-state index in [0.717, 1.165) is 10.2 Å². The van der Waals surface area contributed by atoms with Crippen LogP contribution >= 0.6 is 39.9 Å². The second-order valence-corrected chi connectivity index (χ2v) is 3.03. The molecule has 1 heterocycles. The monoisotopic (exact) mass is 259 g/mol. The molecule has 1 aromatic heterocycles. The molecule has 0 saturated carbocycles. The fourth-order valence-corrected chi connectivity index (χ4v) is 1.44. The molecule has 0 aliphatic carbocycles. The van der Waals surface area contributed by atoms with Crippen LogP contribution in [0.5, 0.6) is 0 Å². The minimum Gasteiger partial charge on any atom is -0.325 e. The van der Waals surface area contributed by atoms with E-state index in [9.17, 15) is 0 Å². The Morgan fingerprint density at radius 1 is 1.73 bits per heavy atom. The molecule has 11 heavy (non-hydrogen) atoms. The van der Waals surface area contributed by atoms with Gasteiger partial charge in [-0.1, -0.05) is 11.6 Å². The van der Waals surface area contributed by atoms with Crippen LogP contribution < -0.4 is 5.73 Å². The summed E-state index contributed by atoms with van der Waals surface area (Å²) in [5.74, 6) is 0. The highest BCUT2D eigenvalue weighted by molar-refractivity contribution is 9.10. The molecule has 0 radical (unpaired) electrons. The molecule has 1 aromatic rings. The third kappa shape index (κ3) is 2.08. The summed E-state index contributed by atoms with van der Waals surface area (Å²) in [6.07, 6.45) is 0. The van der Waals surface area contributed by atoms with Gasteiger partial charge in [0.2, 0.25) is 0 Å². The van der Waals surface area contributed by atoms with Gasteiger partial charge in [0, 0.05) is 13.6 Å². The molecule has 0 spiro atoms. The van der Waals surface area contributed by atoms with Crippen molar-refractivity contribution < 1.29 is 0 Å². The predicted octanol–water partition coefficient (Wildman–Crippen LogP) is 1.72. The summed E-state index contributed by atoms with van der Waals surface area (Å²) in [5.41, 5.74) is 6.32. The van der Waals surface area contributed by atoms with E-state index in [1.165, 1.54) is 0 Å². The Kier molecular flexibility index (Phi) is 4.39. The van der Waals surface area contributed by atoms with Crippen molar-refractivity contribution in [3.63, 3.8) is 0 Å². The molecule has 0 aliphatic rings. The standard InChI is InChI=1S/C5H7BrClN3.ClH/c1-10-3(2-8)4(6)5(7)9-10;/h2,8H2,1H3;1H. The van der Waals surface area contributed by atoms with Crippen molar-refractivity contribution in [2.24, 2.45) is 12.8 Å². The lowest BCUT2D eigenvalue weighted by Crippen LogP contribution is -2.04. The fourth-order valence-electron chi connectivity index (χ4n) is 0.719. The quantitative estimate of drug-likeness (QED) is 0.836. The normalized spacial score (nSPS) is 9.45. The van der Waals surface area contributed by atoms with Crippen molar-refractivity contribution in [3.8, 4) is 0 Å². The lowest BCUT2D eigenvalue weighted by molar-refractivity contribution is 0.711. The summed E-state index contributed by atoms with van der Waals surface area (Å²) in [7, 11) is 1.80. The first kappa shape index (κ1) is 11.2. The molecule has 0 fully saturated rings. The van der Waals surface area contributed by atoms with E-state index in [0.29, 0.717) is 11.7 Å². The van der Waals surface area contributed by atoms with Gasteiger partial charge in [0.15, 0.2) is 5.15 Å². The Morgan fingerprint density at radius 3 is 2.45 bits per heavy atom. The summed E-state index contributed by atoms with van der Waals surface area (Å²) >= 11 is 8.94. The summed E-state index contributed by atoms with van der Waals surface area (Å²) in [5, 5.41) is 4.40. The average Bonchev–Trinajstić information content (AvgIpc) is 2.09. The summed E-state index contributed by atoms with van der Waals surface area (Å²) in [6, 6.07) is 0. The van der Waals surface area contributed by atoms with Gasteiger partial charge in [0.25, 0.3) is 0 Å². The number of rotatable bonds is 1. The van der Waals surface area contributed by atoms with E-state index in [-0.39, 0.29) is 12.4 Å². The third-order valence-corrected chi connectivity index (χ3v) is 2.58. The first-order valence-electron chi connectivity index (χ1n) is 2.73. The van der Waals surface area contributed by atoms with Crippen molar-refractivity contribution in [2.45, 2.75) is 6.54 Å². The Balaban J connectivity index is 0.000001000. The third-order valence-electron chi connectivity index (χ3n) is 1.26. The summed E-state index contributed by atoms with van der Waals surface area (Å²) in [6.45, 7) is 0.441. The average molecular weight is 261 g/mol. The number of aryl methyl sites for hydroxylation is 1. The molecule has 2 N–H and O–H groups in total. The maximum Gasteiger partial charge on any atom is 0.165 e. The molecular formula is C5H8BrCl2N3. The Hall–Kier alpha value is 0.230. The first-order valence-corrected chi connectivity index (χ1v) is 3.91. The summed E-state index contributed by atoms with van der Waals surface area (Å²) < 4.78 is 2.45. The van der Waals surface area contributed by atoms with Crippen LogP contribution in [0.2, 0.25) is 5.15 Å². The van der Waals surface area contributed by atoms with Gasteiger partial charge in [0.1, 0.15) is 0 Å². The van der Waals surface area contributed by atoms with Gasteiger partial charge < -0.3 is 5.73 Å². The molecule has 1 rings (SSSR count). The van der Waals surface area contributed by atoms with Gasteiger partial charge in [-0.2, -0.15) is 5.10 Å². The molecule has 6 heteroatoms. The SMILES string of the molecule is Cl.Cn1nc(Cl)c(Br)c1CN. The Morgan fingerprint density at radius 2 is 2.27 bits per heavy atom. The van der Waals surface area contributed by atoms with Gasteiger partial charge in [-0.05, 0) is 15.9 Å². The van der Waals surface area contributed by atoms with Crippen LogP contribution in [0.3, 0.4) is 0 Å². The van der Waals surface area contributed by atoms with Crippen LogP contribution in [0.25, 0.3) is 0 Å². The Bertz CT molecular complexity index is 248. The van der Waals surface area contributed by atoms with Crippen LogP contribution in [-0.4, -0.2) is 9.78 Å². The van der Waals surface area contributed by atoms with Crippen LogP contribution in [0.15, 0.2) is 4.47 Å². The van der Waals surface area contributed by atoms with Crippen molar-refractivity contribution in [1.82, 2.24) is 9.78 Å². The number of nitrogens with zero attached hydrogens (tertiary/aromatic N) is 2. The maximum atomic E-state index is 5.68. The molecule has 0 aromatic carbocycles. The maximum absolute atomic E-state index is 5.68. The molecule has 0 atom stereocenters. The molecule has 0 saturated heterocycles. The molecular weight excluding hydrogens is 253 g/mol. The molecule has 0 aliphatic heterocycles. The van der Waals surface area contributed by atoms with Crippen LogP contribution in [0, 0.1) is 0 Å². The molecule has 0 amide bonds. The topological polar surface area (TPSA) is 43.8 Å². The van der Waals surface area contributed by atoms with E-state index in [1.807, 2.05) is 0 Å². The first-order chi connectivity index (χ1) is 4.66. The largest absolute Gasteiger partial charge is 0.325 e. The number of nitrogens with two attached hydrogens (primary N) is 1. The number of halogens is 3. The van der Waals surface area contributed by atoms with E-state index < -0.39 is 0 Å². The van der Waals surface area contributed by atoms with Crippen LogP contribution in [0.1, 0.15) is 5.69 Å². The zero-order valence-corrected chi connectivity index (χ0v) is 9.00. The molecule has 0 bridgehead atoms. The van der Waals surface area contributed by atoms with Crippen molar-refractivity contribution in [2.75, 3.05) is 0 Å². The number of hydrogen-bond acceptors (Lipinski definition) is 2. The van der Waals surface area contributed by atoms with Gasteiger partial charge >= 0.3 is 0 Å². The van der Waals surface area contributed by atoms with E-state index in [1.54, 1.807) is 11.7 Å². The number of hydrogen-bond donors (Lipinski definition) is 1. The lowest BCUT2D eigenvalue weighted by atomic mass is 10.4. The van der Waals surface area contributed by atoms with Crippen molar-refractivity contribution in [1.29, 1.82) is 0 Å².